The zero-order chi connectivity index (χ0) is 10.4. The fourth-order valence-corrected chi connectivity index (χ4v) is 0.690. The Morgan fingerprint density at radius 3 is 2.31 bits per heavy atom. The van der Waals surface area contributed by atoms with E-state index in [4.69, 9.17) is 11.5 Å². The van der Waals surface area contributed by atoms with Gasteiger partial charge in [0.1, 0.15) is 0 Å². The molecule has 1 atom stereocenters. The molecule has 0 aromatic heterocycles. The molecule has 0 spiro atoms. The molecular weight excluding hydrogens is 170 g/mol. The maximum Gasteiger partial charge on any atom is 0.234 e. The molecule has 0 aromatic rings. The summed E-state index contributed by atoms with van der Waals surface area (Å²) in [5.41, 5.74) is 10.2. The Morgan fingerprint density at radius 1 is 1.38 bits per heavy atom. The van der Waals surface area contributed by atoms with Crippen molar-refractivity contribution in [2.75, 3.05) is 6.54 Å². The predicted octanol–water partition coefficient (Wildman–Crippen LogP) is -1.04. The molecule has 5 nitrogen and oxygen atoms in total. The molecule has 0 radical (unpaired) electrons. The van der Waals surface area contributed by atoms with Crippen LogP contribution in [-0.2, 0) is 9.59 Å². The van der Waals surface area contributed by atoms with Crippen LogP contribution in [0.1, 0.15) is 20.3 Å². The molecule has 0 aliphatic carbocycles. The average Bonchev–Trinajstić information content (AvgIpc) is 2.00. The van der Waals surface area contributed by atoms with Crippen molar-refractivity contribution in [3.8, 4) is 0 Å². The molecule has 1 unspecified atom stereocenters. The smallest absolute Gasteiger partial charge is 0.234 e. The van der Waals surface area contributed by atoms with E-state index < -0.39 is 11.9 Å². The Bertz CT molecular complexity index is 192. The first-order valence-electron chi connectivity index (χ1n) is 4.25. The molecule has 0 aromatic carbocycles. The molecule has 0 fully saturated rings. The lowest BCUT2D eigenvalue weighted by Crippen LogP contribution is -2.41. The van der Waals surface area contributed by atoms with Crippen LogP contribution in [0.3, 0.4) is 0 Å². The van der Waals surface area contributed by atoms with Crippen molar-refractivity contribution in [2.24, 2.45) is 17.4 Å². The van der Waals surface area contributed by atoms with Gasteiger partial charge in [-0.25, -0.2) is 0 Å². The zero-order valence-electron chi connectivity index (χ0n) is 8.04. The number of hydrogen-bond donors (Lipinski definition) is 3. The van der Waals surface area contributed by atoms with Gasteiger partial charge in [-0.05, 0) is 5.92 Å². The Labute approximate surface area is 77.8 Å². The van der Waals surface area contributed by atoms with E-state index in [9.17, 15) is 9.59 Å². The third kappa shape index (κ3) is 6.10. The number of nitrogens with two attached hydrogens (primary N) is 2. The van der Waals surface area contributed by atoms with Gasteiger partial charge in [-0.1, -0.05) is 13.8 Å². The molecule has 2 amide bonds. The number of hydrogen-bond acceptors (Lipinski definition) is 3. The lowest BCUT2D eigenvalue weighted by Gasteiger charge is -2.09. The minimum Gasteiger partial charge on any atom is -0.368 e. The Kier molecular flexibility index (Phi) is 5.06. The number of amides is 2. The van der Waals surface area contributed by atoms with Gasteiger partial charge in [-0.15, -0.1) is 0 Å². The summed E-state index contributed by atoms with van der Waals surface area (Å²) in [6.07, 6.45) is -0.0396. The number of nitrogens with one attached hydrogen (secondary N) is 1. The summed E-state index contributed by atoms with van der Waals surface area (Å²) in [6, 6.07) is -0.882. The SMILES string of the molecule is CC(C)CNC(=O)CC(N)C(N)=O. The van der Waals surface area contributed by atoms with Gasteiger partial charge >= 0.3 is 0 Å². The lowest BCUT2D eigenvalue weighted by molar-refractivity contribution is -0.126. The van der Waals surface area contributed by atoms with E-state index in [1.807, 2.05) is 13.8 Å². The van der Waals surface area contributed by atoms with Gasteiger partial charge in [0.25, 0.3) is 0 Å². The third-order valence-corrected chi connectivity index (χ3v) is 1.48. The molecule has 76 valence electrons. The second-order valence-electron chi connectivity index (χ2n) is 3.41. The molecule has 0 saturated carbocycles. The second-order valence-corrected chi connectivity index (χ2v) is 3.41. The van der Waals surface area contributed by atoms with E-state index in [1.165, 1.54) is 0 Å². The minimum atomic E-state index is -0.882. The van der Waals surface area contributed by atoms with Crippen LogP contribution < -0.4 is 16.8 Å². The zero-order valence-corrected chi connectivity index (χ0v) is 8.04. The molecule has 0 rings (SSSR count). The van der Waals surface area contributed by atoms with E-state index in [-0.39, 0.29) is 12.3 Å². The number of primary amides is 1. The summed E-state index contributed by atoms with van der Waals surface area (Å²) >= 11 is 0. The van der Waals surface area contributed by atoms with Crippen LogP contribution in [0.5, 0.6) is 0 Å². The number of carbonyl (C=O) groups is 2. The summed E-state index contributed by atoms with van der Waals surface area (Å²) < 4.78 is 0. The van der Waals surface area contributed by atoms with Gasteiger partial charge in [-0.3, -0.25) is 9.59 Å². The highest BCUT2D eigenvalue weighted by Crippen LogP contribution is 1.90. The van der Waals surface area contributed by atoms with Gasteiger partial charge in [-0.2, -0.15) is 0 Å². The molecule has 0 aliphatic rings. The normalized spacial score (nSPS) is 12.6. The standard InChI is InChI=1S/C8H17N3O2/c1-5(2)4-11-7(12)3-6(9)8(10)13/h5-6H,3-4,9H2,1-2H3,(H2,10,13)(H,11,12). The Morgan fingerprint density at radius 2 is 1.92 bits per heavy atom. The van der Waals surface area contributed by atoms with E-state index in [0.717, 1.165) is 0 Å². The van der Waals surface area contributed by atoms with Crippen LogP contribution in [0.4, 0.5) is 0 Å². The van der Waals surface area contributed by atoms with E-state index in [0.29, 0.717) is 12.5 Å². The van der Waals surface area contributed by atoms with Crippen molar-refractivity contribution >= 4 is 11.8 Å². The quantitative estimate of drug-likeness (QED) is 0.512. The minimum absolute atomic E-state index is 0.0396. The topological polar surface area (TPSA) is 98.2 Å². The average molecular weight is 187 g/mol. The highest BCUT2D eigenvalue weighted by atomic mass is 16.2. The van der Waals surface area contributed by atoms with Crippen molar-refractivity contribution in [2.45, 2.75) is 26.3 Å². The molecule has 5 heteroatoms. The van der Waals surface area contributed by atoms with Gasteiger partial charge in [0.05, 0.1) is 12.5 Å². The van der Waals surface area contributed by atoms with Gasteiger partial charge in [0.2, 0.25) is 11.8 Å². The van der Waals surface area contributed by atoms with Crippen LogP contribution in [0.2, 0.25) is 0 Å². The second kappa shape index (κ2) is 5.53. The summed E-state index contributed by atoms with van der Waals surface area (Å²) in [5.74, 6) is -0.506. The van der Waals surface area contributed by atoms with Crippen molar-refractivity contribution in [1.29, 1.82) is 0 Å². The van der Waals surface area contributed by atoms with Crippen LogP contribution in [0.15, 0.2) is 0 Å². The van der Waals surface area contributed by atoms with Gasteiger partial charge in [0, 0.05) is 6.54 Å². The largest absolute Gasteiger partial charge is 0.368 e. The fourth-order valence-electron chi connectivity index (χ4n) is 0.690. The Hall–Kier alpha value is -1.10. The Balaban J connectivity index is 3.68. The van der Waals surface area contributed by atoms with Crippen LogP contribution in [0, 0.1) is 5.92 Å². The molecule has 0 saturated heterocycles. The number of rotatable bonds is 5. The molecular formula is C8H17N3O2. The first-order valence-corrected chi connectivity index (χ1v) is 4.25. The summed E-state index contributed by atoms with van der Waals surface area (Å²) in [6.45, 7) is 4.55. The molecule has 0 heterocycles. The fraction of sp³-hybridized carbons (Fsp3) is 0.750. The third-order valence-electron chi connectivity index (χ3n) is 1.48. The van der Waals surface area contributed by atoms with Crippen LogP contribution in [-0.4, -0.2) is 24.4 Å². The monoisotopic (exact) mass is 187 g/mol. The maximum absolute atomic E-state index is 11.1. The van der Waals surface area contributed by atoms with Crippen molar-refractivity contribution < 1.29 is 9.59 Å². The molecule has 0 aliphatic heterocycles. The van der Waals surface area contributed by atoms with E-state index >= 15 is 0 Å². The first-order chi connectivity index (χ1) is 5.93. The summed E-state index contributed by atoms with van der Waals surface area (Å²) in [4.78, 5) is 21.6. The van der Waals surface area contributed by atoms with Crippen molar-refractivity contribution in [1.82, 2.24) is 5.32 Å². The van der Waals surface area contributed by atoms with Crippen LogP contribution >= 0.6 is 0 Å². The highest BCUT2D eigenvalue weighted by Gasteiger charge is 2.13. The van der Waals surface area contributed by atoms with Crippen LogP contribution in [0.25, 0.3) is 0 Å². The van der Waals surface area contributed by atoms with E-state index in [2.05, 4.69) is 5.32 Å². The molecule has 0 bridgehead atoms. The van der Waals surface area contributed by atoms with Crippen molar-refractivity contribution in [3.63, 3.8) is 0 Å². The molecule has 5 N–H and O–H groups in total. The van der Waals surface area contributed by atoms with Crippen molar-refractivity contribution in [3.05, 3.63) is 0 Å². The highest BCUT2D eigenvalue weighted by molar-refractivity contribution is 5.87. The van der Waals surface area contributed by atoms with Gasteiger partial charge < -0.3 is 16.8 Å². The molecule has 13 heavy (non-hydrogen) atoms. The van der Waals surface area contributed by atoms with Gasteiger partial charge in [0.15, 0.2) is 0 Å². The summed E-state index contributed by atoms with van der Waals surface area (Å²) in [5, 5.41) is 2.64. The maximum atomic E-state index is 11.1. The predicted molar refractivity (Wildman–Crippen MR) is 49.6 cm³/mol. The van der Waals surface area contributed by atoms with E-state index in [1.54, 1.807) is 0 Å². The lowest BCUT2D eigenvalue weighted by atomic mass is 10.2. The first kappa shape index (κ1) is 11.9. The number of carbonyl (C=O) groups excluding carboxylic acids is 2. The summed E-state index contributed by atoms with van der Waals surface area (Å²) in [7, 11) is 0.